The number of rotatable bonds is 4. The molecule has 0 spiro atoms. The van der Waals surface area contributed by atoms with Gasteiger partial charge in [0, 0.05) is 12.6 Å². The first-order valence-electron chi connectivity index (χ1n) is 8.07. The summed E-state index contributed by atoms with van der Waals surface area (Å²) in [6.07, 6.45) is 7.08. The number of benzene rings is 2. The third-order valence-electron chi connectivity index (χ3n) is 3.85. The number of aliphatic imine (C=N–C) groups is 1. The normalized spacial score (nSPS) is 17.0. The van der Waals surface area contributed by atoms with Crippen molar-refractivity contribution in [2.45, 2.75) is 6.92 Å². The van der Waals surface area contributed by atoms with Gasteiger partial charge in [-0.25, -0.2) is 4.99 Å². The van der Waals surface area contributed by atoms with Gasteiger partial charge >= 0.3 is 0 Å². The Labute approximate surface area is 157 Å². The van der Waals surface area contributed by atoms with Gasteiger partial charge in [-0.3, -0.25) is 9.69 Å². The number of hydrogen-bond acceptors (Lipinski definition) is 4. The smallest absolute Gasteiger partial charge is 0.266 e. The molecule has 0 unspecified atom stereocenters. The zero-order valence-electron chi connectivity index (χ0n) is 14.6. The maximum atomic E-state index is 12.6. The quantitative estimate of drug-likeness (QED) is 0.603. The number of para-hydroxylation sites is 2. The van der Waals surface area contributed by atoms with Crippen LogP contribution in [0, 0.1) is 19.3 Å². The lowest BCUT2D eigenvalue weighted by molar-refractivity contribution is -0.121. The van der Waals surface area contributed by atoms with Crippen LogP contribution in [0.2, 0.25) is 0 Å². The van der Waals surface area contributed by atoms with Crippen LogP contribution in [0.4, 0.5) is 5.69 Å². The molecule has 0 radical (unpaired) electrons. The number of nitrogens with zero attached hydrogens (tertiary/aromatic N) is 2. The van der Waals surface area contributed by atoms with E-state index in [1.165, 1.54) is 11.8 Å². The molecule has 0 N–H and O–H groups in total. The van der Waals surface area contributed by atoms with Gasteiger partial charge in [0.1, 0.15) is 12.4 Å². The van der Waals surface area contributed by atoms with Crippen molar-refractivity contribution in [2.24, 2.45) is 4.99 Å². The predicted molar refractivity (Wildman–Crippen MR) is 107 cm³/mol. The van der Waals surface area contributed by atoms with E-state index in [1.54, 1.807) is 11.9 Å². The van der Waals surface area contributed by atoms with Crippen LogP contribution in [0.5, 0.6) is 5.75 Å². The van der Waals surface area contributed by atoms with E-state index < -0.39 is 0 Å². The second-order valence-electron chi connectivity index (χ2n) is 5.69. The minimum Gasteiger partial charge on any atom is -0.480 e. The first kappa shape index (κ1) is 17.8. The first-order chi connectivity index (χ1) is 12.6. The number of terminal acetylenes is 1. The maximum absolute atomic E-state index is 12.6. The van der Waals surface area contributed by atoms with Crippen molar-refractivity contribution in [3.05, 3.63) is 64.6 Å². The van der Waals surface area contributed by atoms with Crippen LogP contribution in [-0.2, 0) is 4.79 Å². The Hall–Kier alpha value is -2.97. The van der Waals surface area contributed by atoms with E-state index in [2.05, 4.69) is 10.9 Å². The lowest BCUT2D eigenvalue weighted by atomic mass is 10.2. The second kappa shape index (κ2) is 7.94. The van der Waals surface area contributed by atoms with Gasteiger partial charge < -0.3 is 4.74 Å². The molecular weight excluding hydrogens is 344 g/mol. The van der Waals surface area contributed by atoms with Gasteiger partial charge in [-0.05, 0) is 42.5 Å². The van der Waals surface area contributed by atoms with Crippen molar-refractivity contribution in [2.75, 3.05) is 13.7 Å². The molecular formula is C21H18N2O2S. The summed E-state index contributed by atoms with van der Waals surface area (Å²) in [5, 5.41) is 0.651. The Kier molecular flexibility index (Phi) is 5.45. The molecule has 1 aliphatic rings. The van der Waals surface area contributed by atoms with E-state index in [0.717, 1.165) is 16.8 Å². The van der Waals surface area contributed by atoms with Crippen LogP contribution in [0.25, 0.3) is 6.08 Å². The average molecular weight is 362 g/mol. The fraction of sp³-hybridized carbons (Fsp3) is 0.143. The summed E-state index contributed by atoms with van der Waals surface area (Å²) < 4.78 is 5.55. The van der Waals surface area contributed by atoms with E-state index in [-0.39, 0.29) is 12.5 Å². The van der Waals surface area contributed by atoms with Crippen molar-refractivity contribution in [1.82, 2.24) is 4.90 Å². The number of aryl methyl sites for hydroxylation is 1. The molecule has 1 heterocycles. The second-order valence-corrected chi connectivity index (χ2v) is 6.70. The van der Waals surface area contributed by atoms with Crippen LogP contribution in [0.15, 0.2) is 58.4 Å². The molecule has 3 rings (SSSR count). The molecule has 4 nitrogen and oxygen atoms in total. The average Bonchev–Trinajstić information content (AvgIpc) is 2.91. The van der Waals surface area contributed by atoms with Gasteiger partial charge in [0.15, 0.2) is 5.17 Å². The van der Waals surface area contributed by atoms with E-state index in [4.69, 9.17) is 11.2 Å². The third kappa shape index (κ3) is 3.81. The fourth-order valence-electron chi connectivity index (χ4n) is 2.44. The molecule has 0 bridgehead atoms. The predicted octanol–water partition coefficient (Wildman–Crippen LogP) is 4.24. The Morgan fingerprint density at radius 2 is 1.96 bits per heavy atom. The van der Waals surface area contributed by atoms with Crippen LogP contribution in [0.1, 0.15) is 11.1 Å². The summed E-state index contributed by atoms with van der Waals surface area (Å²) >= 11 is 1.35. The number of carbonyl (C=O) groups is 1. The van der Waals surface area contributed by atoms with E-state index >= 15 is 0 Å². The molecule has 2 aromatic carbocycles. The molecule has 1 saturated heterocycles. The van der Waals surface area contributed by atoms with Gasteiger partial charge in [-0.15, -0.1) is 6.42 Å². The van der Waals surface area contributed by atoms with Gasteiger partial charge in [0.25, 0.3) is 5.91 Å². The van der Waals surface area contributed by atoms with E-state index in [1.807, 2.05) is 61.5 Å². The van der Waals surface area contributed by atoms with E-state index in [0.29, 0.717) is 15.8 Å². The number of amides is 1. The molecule has 0 saturated carbocycles. The van der Waals surface area contributed by atoms with Crippen molar-refractivity contribution in [3.63, 3.8) is 0 Å². The minimum absolute atomic E-state index is 0.0888. The number of likely N-dealkylation sites (N-methyl/N-ethyl adjacent to an activating group) is 1. The Bertz CT molecular complexity index is 941. The first-order valence-corrected chi connectivity index (χ1v) is 8.89. The Morgan fingerprint density at radius 3 is 2.73 bits per heavy atom. The van der Waals surface area contributed by atoms with Crippen LogP contribution >= 0.6 is 11.8 Å². The summed E-state index contributed by atoms with van der Waals surface area (Å²) in [4.78, 5) is 19.4. The SMILES string of the molecule is C#CCOc1ccccc1/C=C1/SC(=Nc2ccccc2C)N(C)C1=O. The van der Waals surface area contributed by atoms with Gasteiger partial charge in [0.05, 0.1) is 10.6 Å². The van der Waals surface area contributed by atoms with Crippen molar-refractivity contribution < 1.29 is 9.53 Å². The number of carbonyl (C=O) groups excluding carboxylic acids is 1. The molecule has 0 aliphatic carbocycles. The summed E-state index contributed by atoms with van der Waals surface area (Å²) in [5.74, 6) is 3.01. The summed E-state index contributed by atoms with van der Waals surface area (Å²) in [7, 11) is 1.73. The molecule has 130 valence electrons. The standard InChI is InChI=1S/C21H18N2O2S/c1-4-13-25-18-12-8-6-10-16(18)14-19-20(24)23(3)21(26-19)22-17-11-7-5-9-15(17)2/h1,5-12,14H,13H2,2-3H3/b19-14+,22-21?. The van der Waals surface area contributed by atoms with Gasteiger partial charge in [0.2, 0.25) is 0 Å². The molecule has 0 aromatic heterocycles. The summed E-state index contributed by atoms with van der Waals surface area (Å²) in [5.41, 5.74) is 2.73. The highest BCUT2D eigenvalue weighted by molar-refractivity contribution is 8.18. The highest BCUT2D eigenvalue weighted by atomic mass is 32.2. The number of thioether (sulfide) groups is 1. The van der Waals surface area contributed by atoms with Crippen molar-refractivity contribution >= 4 is 34.6 Å². The maximum Gasteiger partial charge on any atom is 0.266 e. The van der Waals surface area contributed by atoms with Crippen LogP contribution in [0.3, 0.4) is 0 Å². The molecule has 26 heavy (non-hydrogen) atoms. The lowest BCUT2D eigenvalue weighted by Gasteiger charge is -2.08. The molecule has 0 atom stereocenters. The molecule has 1 amide bonds. The Morgan fingerprint density at radius 1 is 1.23 bits per heavy atom. The zero-order valence-corrected chi connectivity index (χ0v) is 15.4. The zero-order chi connectivity index (χ0) is 18.5. The number of hydrogen-bond donors (Lipinski definition) is 0. The van der Waals surface area contributed by atoms with Crippen molar-refractivity contribution in [3.8, 4) is 18.1 Å². The monoisotopic (exact) mass is 362 g/mol. The Balaban J connectivity index is 1.91. The van der Waals surface area contributed by atoms with E-state index in [9.17, 15) is 4.79 Å². The summed E-state index contributed by atoms with van der Waals surface area (Å²) in [6, 6.07) is 15.3. The number of amidine groups is 1. The van der Waals surface area contributed by atoms with Crippen LogP contribution < -0.4 is 4.74 Å². The summed E-state index contributed by atoms with van der Waals surface area (Å²) in [6.45, 7) is 2.18. The lowest BCUT2D eigenvalue weighted by Crippen LogP contribution is -2.23. The highest BCUT2D eigenvalue weighted by Crippen LogP contribution is 2.35. The minimum atomic E-state index is -0.0888. The van der Waals surface area contributed by atoms with Gasteiger partial charge in [-0.2, -0.15) is 0 Å². The molecule has 1 aliphatic heterocycles. The van der Waals surface area contributed by atoms with Crippen molar-refractivity contribution in [1.29, 1.82) is 0 Å². The molecule has 5 heteroatoms. The third-order valence-corrected chi connectivity index (χ3v) is 4.91. The topological polar surface area (TPSA) is 41.9 Å². The fourth-order valence-corrected chi connectivity index (χ4v) is 3.41. The molecule has 1 fully saturated rings. The molecule has 2 aromatic rings. The van der Waals surface area contributed by atoms with Crippen LogP contribution in [-0.4, -0.2) is 29.6 Å². The largest absolute Gasteiger partial charge is 0.480 e. The number of ether oxygens (including phenoxy) is 1. The van der Waals surface area contributed by atoms with Gasteiger partial charge in [-0.1, -0.05) is 42.3 Å². The highest BCUT2D eigenvalue weighted by Gasteiger charge is 2.30.